The summed E-state index contributed by atoms with van der Waals surface area (Å²) in [5.74, 6) is 1.87. The number of aromatic nitrogens is 2. The molecule has 3 rings (SSSR count). The predicted molar refractivity (Wildman–Crippen MR) is 88.2 cm³/mol. The fourth-order valence-corrected chi connectivity index (χ4v) is 3.97. The average Bonchev–Trinajstić information content (AvgIpc) is 2.57. The van der Waals surface area contributed by atoms with E-state index < -0.39 is 4.92 Å². The molecule has 2 aliphatic rings. The quantitative estimate of drug-likeness (QED) is 0.676. The summed E-state index contributed by atoms with van der Waals surface area (Å²) in [6.45, 7) is 1.85. The minimum Gasteiger partial charge on any atom is -0.341 e. The van der Waals surface area contributed by atoms with Crippen molar-refractivity contribution in [3.05, 3.63) is 22.5 Å². The van der Waals surface area contributed by atoms with E-state index in [0.29, 0.717) is 23.8 Å². The van der Waals surface area contributed by atoms with Crippen LogP contribution >= 0.6 is 0 Å². The molecule has 1 aliphatic carbocycles. The molecule has 1 saturated heterocycles. The van der Waals surface area contributed by atoms with Crippen LogP contribution in [0.3, 0.4) is 0 Å². The lowest BCUT2D eigenvalue weighted by atomic mass is 9.78. The fraction of sp³-hybridized carbons (Fsp3) is 0.750. The number of hydrogen-bond acceptors (Lipinski definition) is 6. The molecular formula is C16H25N5O2. The molecule has 7 heteroatoms. The first-order valence-electron chi connectivity index (χ1n) is 8.60. The van der Waals surface area contributed by atoms with Crippen LogP contribution in [0, 0.1) is 22.0 Å². The first kappa shape index (κ1) is 16.1. The number of hydrogen-bond donors (Lipinski definition) is 1. The number of piperidine rings is 1. The zero-order valence-corrected chi connectivity index (χ0v) is 13.4. The molecule has 3 atom stereocenters. The van der Waals surface area contributed by atoms with Gasteiger partial charge in [0.2, 0.25) is 5.95 Å². The molecule has 23 heavy (non-hydrogen) atoms. The molecule has 1 unspecified atom stereocenters. The Hall–Kier alpha value is -1.76. The summed E-state index contributed by atoms with van der Waals surface area (Å²) >= 11 is 0. The zero-order chi connectivity index (χ0) is 16.2. The van der Waals surface area contributed by atoms with Gasteiger partial charge in [-0.15, -0.1) is 0 Å². The van der Waals surface area contributed by atoms with E-state index in [1.54, 1.807) is 0 Å². The summed E-state index contributed by atoms with van der Waals surface area (Å²) in [6, 6.07) is 0.356. The largest absolute Gasteiger partial charge is 0.341 e. The Kier molecular flexibility index (Phi) is 5.05. The zero-order valence-electron chi connectivity index (χ0n) is 13.4. The van der Waals surface area contributed by atoms with E-state index in [2.05, 4.69) is 14.9 Å². The lowest BCUT2D eigenvalue weighted by molar-refractivity contribution is -0.385. The molecular weight excluding hydrogens is 294 g/mol. The molecule has 0 amide bonds. The van der Waals surface area contributed by atoms with E-state index in [-0.39, 0.29) is 5.69 Å². The number of nitro groups is 1. The van der Waals surface area contributed by atoms with Gasteiger partial charge in [-0.05, 0) is 43.9 Å². The van der Waals surface area contributed by atoms with Crippen molar-refractivity contribution in [1.29, 1.82) is 0 Å². The Morgan fingerprint density at radius 1 is 1.22 bits per heavy atom. The second kappa shape index (κ2) is 7.21. The molecule has 0 spiro atoms. The van der Waals surface area contributed by atoms with E-state index in [1.807, 2.05) is 0 Å². The Bertz CT molecular complexity index is 536. The van der Waals surface area contributed by atoms with Gasteiger partial charge >= 0.3 is 5.69 Å². The summed E-state index contributed by atoms with van der Waals surface area (Å²) in [6.07, 6.45) is 11.1. The number of nitrogens with two attached hydrogens (primary N) is 1. The van der Waals surface area contributed by atoms with Crippen LogP contribution in [0.25, 0.3) is 0 Å². The SMILES string of the molecule is N[C@@H]1CCCC[C@H]1CC1CCCN(c2ncc([N+](=O)[O-])cn2)C1. The highest BCUT2D eigenvalue weighted by molar-refractivity contribution is 5.34. The van der Waals surface area contributed by atoms with Crippen molar-refractivity contribution in [1.82, 2.24) is 9.97 Å². The summed E-state index contributed by atoms with van der Waals surface area (Å²) in [4.78, 5) is 20.7. The highest BCUT2D eigenvalue weighted by atomic mass is 16.6. The average molecular weight is 319 g/mol. The molecule has 2 heterocycles. The summed E-state index contributed by atoms with van der Waals surface area (Å²) in [5.41, 5.74) is 6.23. The highest BCUT2D eigenvalue weighted by Gasteiger charge is 2.28. The molecule has 2 fully saturated rings. The molecule has 126 valence electrons. The van der Waals surface area contributed by atoms with Crippen LogP contribution in [0.1, 0.15) is 44.9 Å². The third-order valence-corrected chi connectivity index (χ3v) is 5.24. The molecule has 1 aliphatic heterocycles. The van der Waals surface area contributed by atoms with Crippen molar-refractivity contribution in [3.63, 3.8) is 0 Å². The minimum atomic E-state index is -0.465. The van der Waals surface area contributed by atoms with Gasteiger partial charge in [-0.3, -0.25) is 10.1 Å². The van der Waals surface area contributed by atoms with Crippen LogP contribution in [-0.2, 0) is 0 Å². The van der Waals surface area contributed by atoms with Crippen LogP contribution in [-0.4, -0.2) is 34.0 Å². The standard InChI is InChI=1S/C16H25N5O2/c17-15-6-2-1-5-13(15)8-12-4-3-7-20(11-12)16-18-9-14(10-19-16)21(22)23/h9-10,12-13,15H,1-8,11,17H2/t12?,13-,15+/m0/s1. The van der Waals surface area contributed by atoms with E-state index in [0.717, 1.165) is 25.9 Å². The molecule has 0 radical (unpaired) electrons. The van der Waals surface area contributed by atoms with Crippen molar-refractivity contribution >= 4 is 11.6 Å². The monoisotopic (exact) mass is 319 g/mol. The van der Waals surface area contributed by atoms with Crippen molar-refractivity contribution in [2.45, 2.75) is 51.0 Å². The molecule has 7 nitrogen and oxygen atoms in total. The summed E-state index contributed by atoms with van der Waals surface area (Å²) < 4.78 is 0. The molecule has 1 saturated carbocycles. The highest BCUT2D eigenvalue weighted by Crippen LogP contribution is 2.32. The van der Waals surface area contributed by atoms with Crippen molar-refractivity contribution in [2.75, 3.05) is 18.0 Å². The van der Waals surface area contributed by atoms with E-state index in [4.69, 9.17) is 5.73 Å². The maximum Gasteiger partial charge on any atom is 0.305 e. The van der Waals surface area contributed by atoms with Crippen LogP contribution in [0.15, 0.2) is 12.4 Å². The Balaban J connectivity index is 1.60. The van der Waals surface area contributed by atoms with E-state index >= 15 is 0 Å². The fourth-order valence-electron chi connectivity index (χ4n) is 3.97. The van der Waals surface area contributed by atoms with Crippen LogP contribution in [0.4, 0.5) is 11.6 Å². The Morgan fingerprint density at radius 3 is 2.65 bits per heavy atom. The third kappa shape index (κ3) is 3.96. The lowest BCUT2D eigenvalue weighted by Gasteiger charge is -2.37. The van der Waals surface area contributed by atoms with Gasteiger partial charge in [0.1, 0.15) is 12.4 Å². The van der Waals surface area contributed by atoms with Gasteiger partial charge in [0.25, 0.3) is 0 Å². The lowest BCUT2D eigenvalue weighted by Crippen LogP contribution is -2.40. The predicted octanol–water partition coefficient (Wildman–Crippen LogP) is 2.51. The third-order valence-electron chi connectivity index (χ3n) is 5.24. The molecule has 1 aromatic heterocycles. The normalized spacial score (nSPS) is 28.6. The summed E-state index contributed by atoms with van der Waals surface area (Å²) in [5, 5.41) is 10.7. The maximum atomic E-state index is 10.7. The van der Waals surface area contributed by atoms with Gasteiger partial charge in [-0.1, -0.05) is 12.8 Å². The second-order valence-corrected chi connectivity index (χ2v) is 6.90. The van der Waals surface area contributed by atoms with Gasteiger partial charge < -0.3 is 10.6 Å². The van der Waals surface area contributed by atoms with Gasteiger partial charge in [-0.25, -0.2) is 9.97 Å². The van der Waals surface area contributed by atoms with Crippen LogP contribution < -0.4 is 10.6 Å². The van der Waals surface area contributed by atoms with Gasteiger partial charge in [0, 0.05) is 19.1 Å². The minimum absolute atomic E-state index is 0.0597. The van der Waals surface area contributed by atoms with Gasteiger partial charge in [0.05, 0.1) is 4.92 Å². The maximum absolute atomic E-state index is 10.7. The summed E-state index contributed by atoms with van der Waals surface area (Å²) in [7, 11) is 0. The van der Waals surface area contributed by atoms with Crippen molar-refractivity contribution < 1.29 is 4.92 Å². The molecule has 2 N–H and O–H groups in total. The number of nitrogens with zero attached hydrogens (tertiary/aromatic N) is 4. The van der Waals surface area contributed by atoms with Gasteiger partial charge in [0.15, 0.2) is 0 Å². The first-order valence-corrected chi connectivity index (χ1v) is 8.60. The topological polar surface area (TPSA) is 98.2 Å². The smallest absolute Gasteiger partial charge is 0.305 e. The Morgan fingerprint density at radius 2 is 1.96 bits per heavy atom. The first-order chi connectivity index (χ1) is 11.1. The van der Waals surface area contributed by atoms with Crippen LogP contribution in [0.2, 0.25) is 0 Å². The molecule has 0 aromatic carbocycles. The second-order valence-electron chi connectivity index (χ2n) is 6.90. The van der Waals surface area contributed by atoms with E-state index in [1.165, 1.54) is 44.5 Å². The Labute approximate surface area is 136 Å². The van der Waals surface area contributed by atoms with Gasteiger partial charge in [-0.2, -0.15) is 0 Å². The van der Waals surface area contributed by atoms with E-state index in [9.17, 15) is 10.1 Å². The number of rotatable bonds is 4. The van der Waals surface area contributed by atoms with Crippen LogP contribution in [0.5, 0.6) is 0 Å². The van der Waals surface area contributed by atoms with Crippen molar-refractivity contribution in [3.8, 4) is 0 Å². The number of anilines is 1. The van der Waals surface area contributed by atoms with Crippen molar-refractivity contribution in [2.24, 2.45) is 17.6 Å². The molecule has 1 aromatic rings. The molecule has 0 bridgehead atoms.